The van der Waals surface area contributed by atoms with Gasteiger partial charge >= 0.3 is 0 Å². The Morgan fingerprint density at radius 2 is 2.08 bits per heavy atom. The first kappa shape index (κ1) is 7.10. The van der Waals surface area contributed by atoms with Crippen LogP contribution in [0.25, 0.3) is 5.57 Å². The summed E-state index contributed by atoms with van der Waals surface area (Å²) in [6.07, 6.45) is 9.86. The fourth-order valence-corrected chi connectivity index (χ4v) is 1.19. The molecule has 1 aromatic rings. The van der Waals surface area contributed by atoms with Crippen molar-refractivity contribution in [1.82, 2.24) is 10.3 Å². The molecule has 12 heavy (non-hydrogen) atoms. The highest BCUT2D eigenvalue weighted by molar-refractivity contribution is 5.74. The van der Waals surface area contributed by atoms with Crippen molar-refractivity contribution in [2.24, 2.45) is 0 Å². The number of dihydropyridines is 1. The van der Waals surface area contributed by atoms with Gasteiger partial charge < -0.3 is 5.32 Å². The van der Waals surface area contributed by atoms with Crippen LogP contribution < -0.4 is 5.32 Å². The van der Waals surface area contributed by atoms with Gasteiger partial charge in [-0.3, -0.25) is 4.98 Å². The minimum Gasteiger partial charge on any atom is -0.387 e. The highest BCUT2D eigenvalue weighted by Crippen LogP contribution is 2.14. The topological polar surface area (TPSA) is 24.9 Å². The lowest BCUT2D eigenvalue weighted by Gasteiger charge is -2.07. The first-order valence-electron chi connectivity index (χ1n) is 3.97. The molecule has 1 N–H and O–H groups in total. The van der Waals surface area contributed by atoms with Crippen LogP contribution >= 0.6 is 0 Å². The van der Waals surface area contributed by atoms with Crippen molar-refractivity contribution in [3.05, 3.63) is 48.4 Å². The standard InChI is InChI=1S/C10H10N2/c1-2-10(8-12-5-1)9-3-6-11-7-4-9/h1-4,6-8,12H,5H2. The SMILES string of the molecule is C1=CC(c2ccncc2)=CNC1. The van der Waals surface area contributed by atoms with Crippen molar-refractivity contribution in [2.45, 2.75) is 0 Å². The molecule has 0 spiro atoms. The second-order valence-corrected chi connectivity index (χ2v) is 2.65. The molecule has 0 aromatic carbocycles. The van der Waals surface area contributed by atoms with E-state index in [2.05, 4.69) is 22.5 Å². The third-order valence-corrected chi connectivity index (χ3v) is 1.80. The summed E-state index contributed by atoms with van der Waals surface area (Å²) in [6.45, 7) is 0.925. The molecule has 0 radical (unpaired) electrons. The molecule has 0 aliphatic carbocycles. The molecule has 1 aromatic heterocycles. The van der Waals surface area contributed by atoms with Crippen molar-refractivity contribution in [3.63, 3.8) is 0 Å². The van der Waals surface area contributed by atoms with Gasteiger partial charge in [-0.1, -0.05) is 12.2 Å². The zero-order valence-electron chi connectivity index (χ0n) is 6.70. The van der Waals surface area contributed by atoms with Gasteiger partial charge in [0.1, 0.15) is 0 Å². The van der Waals surface area contributed by atoms with E-state index >= 15 is 0 Å². The lowest BCUT2D eigenvalue weighted by Crippen LogP contribution is -2.08. The maximum absolute atomic E-state index is 3.97. The van der Waals surface area contributed by atoms with Gasteiger partial charge in [0.05, 0.1) is 0 Å². The van der Waals surface area contributed by atoms with Gasteiger partial charge in [0.25, 0.3) is 0 Å². The average Bonchev–Trinajstić information content (AvgIpc) is 2.21. The van der Waals surface area contributed by atoms with Gasteiger partial charge in [0, 0.05) is 25.1 Å². The maximum Gasteiger partial charge on any atom is 0.0328 e. The fourth-order valence-electron chi connectivity index (χ4n) is 1.19. The molecule has 0 bridgehead atoms. The number of hydrogen-bond donors (Lipinski definition) is 1. The Labute approximate surface area is 71.6 Å². The van der Waals surface area contributed by atoms with E-state index in [-0.39, 0.29) is 0 Å². The predicted octanol–water partition coefficient (Wildman–Crippen LogP) is 1.58. The number of pyridine rings is 1. The Morgan fingerprint density at radius 3 is 2.75 bits per heavy atom. The Bertz CT molecular complexity index is 312. The first-order chi connectivity index (χ1) is 5.97. The summed E-state index contributed by atoms with van der Waals surface area (Å²) < 4.78 is 0. The minimum atomic E-state index is 0.925. The number of aromatic nitrogens is 1. The van der Waals surface area contributed by atoms with E-state index in [4.69, 9.17) is 0 Å². The number of nitrogens with one attached hydrogen (secondary N) is 1. The van der Waals surface area contributed by atoms with Crippen LogP contribution in [0.2, 0.25) is 0 Å². The van der Waals surface area contributed by atoms with Crippen LogP contribution in [0, 0.1) is 0 Å². The fraction of sp³-hybridized carbons (Fsp3) is 0.100. The number of hydrogen-bond acceptors (Lipinski definition) is 2. The van der Waals surface area contributed by atoms with E-state index in [1.165, 1.54) is 11.1 Å². The second-order valence-electron chi connectivity index (χ2n) is 2.65. The van der Waals surface area contributed by atoms with Crippen LogP contribution in [-0.2, 0) is 0 Å². The zero-order valence-corrected chi connectivity index (χ0v) is 6.70. The van der Waals surface area contributed by atoms with Crippen LogP contribution in [0.15, 0.2) is 42.9 Å². The Kier molecular flexibility index (Phi) is 1.90. The molecule has 0 unspecified atom stereocenters. The summed E-state index contributed by atoms with van der Waals surface area (Å²) in [5, 5.41) is 3.16. The highest BCUT2D eigenvalue weighted by Gasteiger charge is 1.98. The summed E-state index contributed by atoms with van der Waals surface area (Å²) in [4.78, 5) is 3.97. The van der Waals surface area contributed by atoms with Crippen LogP contribution in [0.3, 0.4) is 0 Å². The molecular formula is C10H10N2. The number of nitrogens with zero attached hydrogens (tertiary/aromatic N) is 1. The number of rotatable bonds is 1. The average molecular weight is 158 g/mol. The molecule has 1 aliphatic rings. The van der Waals surface area contributed by atoms with Crippen LogP contribution in [0.5, 0.6) is 0 Å². The Balaban J connectivity index is 2.31. The van der Waals surface area contributed by atoms with Gasteiger partial charge in [-0.25, -0.2) is 0 Å². The molecule has 2 nitrogen and oxygen atoms in total. The largest absolute Gasteiger partial charge is 0.387 e. The van der Waals surface area contributed by atoms with Gasteiger partial charge in [-0.2, -0.15) is 0 Å². The van der Waals surface area contributed by atoms with Crippen molar-refractivity contribution in [1.29, 1.82) is 0 Å². The maximum atomic E-state index is 3.97. The highest BCUT2D eigenvalue weighted by atomic mass is 14.8. The van der Waals surface area contributed by atoms with E-state index in [0.717, 1.165) is 6.54 Å². The second kappa shape index (κ2) is 3.22. The molecule has 0 saturated heterocycles. The molecular weight excluding hydrogens is 148 g/mol. The van der Waals surface area contributed by atoms with Crippen molar-refractivity contribution in [3.8, 4) is 0 Å². The van der Waals surface area contributed by atoms with E-state index in [1.807, 2.05) is 18.3 Å². The third-order valence-electron chi connectivity index (χ3n) is 1.80. The Morgan fingerprint density at radius 1 is 1.25 bits per heavy atom. The molecule has 2 heterocycles. The van der Waals surface area contributed by atoms with E-state index in [0.29, 0.717) is 0 Å². The quantitative estimate of drug-likeness (QED) is 0.671. The van der Waals surface area contributed by atoms with Crippen LogP contribution in [-0.4, -0.2) is 11.5 Å². The van der Waals surface area contributed by atoms with Crippen LogP contribution in [0.4, 0.5) is 0 Å². The molecule has 2 heteroatoms. The van der Waals surface area contributed by atoms with Gasteiger partial charge in [0.15, 0.2) is 0 Å². The normalized spacial score (nSPS) is 15.2. The van der Waals surface area contributed by atoms with Crippen molar-refractivity contribution < 1.29 is 0 Å². The monoisotopic (exact) mass is 158 g/mol. The molecule has 0 amide bonds. The predicted molar refractivity (Wildman–Crippen MR) is 49.4 cm³/mol. The minimum absolute atomic E-state index is 0.925. The third kappa shape index (κ3) is 1.37. The van der Waals surface area contributed by atoms with Crippen molar-refractivity contribution >= 4 is 5.57 Å². The summed E-state index contributed by atoms with van der Waals surface area (Å²) in [5.74, 6) is 0. The first-order valence-corrected chi connectivity index (χ1v) is 3.97. The van der Waals surface area contributed by atoms with Gasteiger partial charge in [-0.05, 0) is 23.3 Å². The lowest BCUT2D eigenvalue weighted by molar-refractivity contribution is 0.976. The smallest absolute Gasteiger partial charge is 0.0328 e. The van der Waals surface area contributed by atoms with Gasteiger partial charge in [-0.15, -0.1) is 0 Å². The molecule has 2 rings (SSSR count). The number of allylic oxidation sites excluding steroid dienone is 2. The molecule has 0 fully saturated rings. The van der Waals surface area contributed by atoms with Crippen molar-refractivity contribution in [2.75, 3.05) is 6.54 Å². The molecule has 0 atom stereocenters. The zero-order chi connectivity index (χ0) is 8.23. The lowest BCUT2D eigenvalue weighted by atomic mass is 10.1. The summed E-state index contributed by atoms with van der Waals surface area (Å²) in [5.41, 5.74) is 2.41. The molecule has 0 saturated carbocycles. The summed E-state index contributed by atoms with van der Waals surface area (Å²) in [6, 6.07) is 4.01. The summed E-state index contributed by atoms with van der Waals surface area (Å²) >= 11 is 0. The van der Waals surface area contributed by atoms with E-state index in [9.17, 15) is 0 Å². The van der Waals surface area contributed by atoms with E-state index < -0.39 is 0 Å². The Hall–Kier alpha value is -1.57. The van der Waals surface area contributed by atoms with Gasteiger partial charge in [0.2, 0.25) is 0 Å². The molecule has 1 aliphatic heterocycles. The van der Waals surface area contributed by atoms with E-state index in [1.54, 1.807) is 12.4 Å². The molecule has 60 valence electrons. The summed E-state index contributed by atoms with van der Waals surface area (Å²) in [7, 11) is 0. The van der Waals surface area contributed by atoms with Crippen LogP contribution in [0.1, 0.15) is 5.56 Å².